The van der Waals surface area contributed by atoms with E-state index in [1.807, 2.05) is 23.9 Å². The fourth-order valence-electron chi connectivity index (χ4n) is 2.21. The van der Waals surface area contributed by atoms with Crippen molar-refractivity contribution in [2.45, 2.75) is 24.5 Å². The van der Waals surface area contributed by atoms with Gasteiger partial charge in [-0.05, 0) is 36.8 Å². The van der Waals surface area contributed by atoms with Gasteiger partial charge in [0, 0.05) is 11.8 Å². The number of nitrogens with zero attached hydrogens (tertiary/aromatic N) is 1. The summed E-state index contributed by atoms with van der Waals surface area (Å²) in [5, 5.41) is 5.06. The van der Waals surface area contributed by atoms with E-state index < -0.39 is 0 Å². The summed E-state index contributed by atoms with van der Waals surface area (Å²) in [6.45, 7) is 1.71. The number of benzene rings is 1. The van der Waals surface area contributed by atoms with Crippen LogP contribution in [0.1, 0.15) is 18.4 Å². The average Bonchev–Trinajstić information content (AvgIpc) is 3.12. The second-order valence-electron chi connectivity index (χ2n) is 4.91. The van der Waals surface area contributed by atoms with Crippen molar-refractivity contribution in [3.8, 4) is 0 Å². The van der Waals surface area contributed by atoms with E-state index in [1.165, 1.54) is 18.9 Å². The lowest BCUT2D eigenvalue weighted by Gasteiger charge is -2.08. The van der Waals surface area contributed by atoms with Crippen molar-refractivity contribution in [1.82, 2.24) is 5.32 Å². The minimum absolute atomic E-state index is 0.115. The molecule has 1 N–H and O–H groups in total. The summed E-state index contributed by atoms with van der Waals surface area (Å²) in [7, 11) is 0. The van der Waals surface area contributed by atoms with Crippen LogP contribution in [-0.4, -0.2) is 23.5 Å². The molecule has 1 aliphatic heterocycles. The highest BCUT2D eigenvalue weighted by Crippen LogP contribution is 2.41. The third-order valence-electron chi connectivity index (χ3n) is 3.45. The summed E-state index contributed by atoms with van der Waals surface area (Å²) >= 11 is 1.87. The number of hydrogen-bond donors (Lipinski definition) is 1. The first-order valence-corrected chi connectivity index (χ1v) is 7.39. The summed E-state index contributed by atoms with van der Waals surface area (Å²) in [6, 6.07) is 6.96. The lowest BCUT2D eigenvalue weighted by Crippen LogP contribution is -2.22. The first kappa shape index (κ1) is 12.0. The van der Waals surface area contributed by atoms with Crippen LogP contribution in [0.25, 0.3) is 0 Å². The Balaban J connectivity index is 1.44. The van der Waals surface area contributed by atoms with E-state index >= 15 is 0 Å². The maximum absolute atomic E-state index is 13.4. The molecule has 96 valence electrons. The van der Waals surface area contributed by atoms with Gasteiger partial charge in [-0.25, -0.2) is 4.39 Å². The zero-order valence-electron chi connectivity index (χ0n) is 10.2. The van der Waals surface area contributed by atoms with Crippen molar-refractivity contribution in [2.75, 3.05) is 13.1 Å². The Hall–Kier alpha value is -1.03. The molecule has 1 saturated carbocycles. The van der Waals surface area contributed by atoms with Gasteiger partial charge >= 0.3 is 0 Å². The van der Waals surface area contributed by atoms with Gasteiger partial charge in [-0.3, -0.25) is 4.99 Å². The molecule has 2 nitrogen and oxygen atoms in total. The molecule has 0 saturated heterocycles. The normalized spacial score (nSPS) is 22.9. The molecule has 1 heterocycles. The van der Waals surface area contributed by atoms with Crippen LogP contribution in [0.3, 0.4) is 0 Å². The highest BCUT2D eigenvalue weighted by Gasteiger charge is 2.35. The van der Waals surface area contributed by atoms with Crippen LogP contribution in [0.2, 0.25) is 0 Å². The molecule has 0 radical (unpaired) electrons. The lowest BCUT2D eigenvalue weighted by atomic mass is 10.1. The van der Waals surface area contributed by atoms with Crippen molar-refractivity contribution in [2.24, 2.45) is 10.9 Å². The summed E-state index contributed by atoms with van der Waals surface area (Å²) in [5.41, 5.74) is 0.771. The number of aliphatic imine (C=N–C) groups is 1. The largest absolute Gasteiger partial charge is 0.365 e. The van der Waals surface area contributed by atoms with Crippen LogP contribution in [-0.2, 0) is 6.42 Å². The molecule has 0 amide bonds. The predicted octanol–water partition coefficient (Wildman–Crippen LogP) is 2.84. The quantitative estimate of drug-likeness (QED) is 0.904. The summed E-state index contributed by atoms with van der Waals surface area (Å²) in [6.07, 6.45) is 3.45. The molecule has 3 rings (SSSR count). The molecule has 2 aliphatic rings. The van der Waals surface area contributed by atoms with E-state index in [9.17, 15) is 4.39 Å². The monoisotopic (exact) mass is 264 g/mol. The Kier molecular flexibility index (Phi) is 3.55. The number of thioether (sulfide) groups is 1. The van der Waals surface area contributed by atoms with Crippen LogP contribution < -0.4 is 5.32 Å². The van der Waals surface area contributed by atoms with Crippen molar-refractivity contribution < 1.29 is 4.39 Å². The average molecular weight is 264 g/mol. The molecule has 1 aromatic rings. The fourth-order valence-corrected chi connectivity index (χ4v) is 3.44. The van der Waals surface area contributed by atoms with Gasteiger partial charge in [0.1, 0.15) is 5.82 Å². The van der Waals surface area contributed by atoms with Crippen LogP contribution in [0.5, 0.6) is 0 Å². The lowest BCUT2D eigenvalue weighted by molar-refractivity contribution is 0.607. The standard InChI is InChI=1S/C14H17FN2S/c15-12-4-2-1-3-10(12)7-8-16-14-17-9-13(18-14)11-5-6-11/h1-4,11,13H,5-9H2,(H,16,17). The first-order valence-electron chi connectivity index (χ1n) is 6.51. The van der Waals surface area contributed by atoms with E-state index in [0.717, 1.165) is 29.7 Å². The van der Waals surface area contributed by atoms with Crippen LogP contribution in [0.4, 0.5) is 4.39 Å². The maximum atomic E-state index is 13.4. The zero-order valence-corrected chi connectivity index (χ0v) is 11.0. The minimum atomic E-state index is -0.115. The van der Waals surface area contributed by atoms with Crippen molar-refractivity contribution in [3.63, 3.8) is 0 Å². The highest BCUT2D eigenvalue weighted by atomic mass is 32.2. The third kappa shape index (κ3) is 2.86. The van der Waals surface area contributed by atoms with E-state index in [0.29, 0.717) is 11.7 Å². The number of rotatable bonds is 4. The maximum Gasteiger partial charge on any atom is 0.156 e. The second-order valence-corrected chi connectivity index (χ2v) is 6.14. The van der Waals surface area contributed by atoms with Crippen LogP contribution in [0.15, 0.2) is 29.3 Å². The van der Waals surface area contributed by atoms with Crippen molar-refractivity contribution >= 4 is 16.9 Å². The van der Waals surface area contributed by atoms with Crippen molar-refractivity contribution in [3.05, 3.63) is 35.6 Å². The molecule has 1 aromatic carbocycles. The topological polar surface area (TPSA) is 24.4 Å². The molecule has 1 atom stereocenters. The van der Waals surface area contributed by atoms with E-state index in [-0.39, 0.29) is 5.82 Å². The molecule has 1 aliphatic carbocycles. The van der Waals surface area contributed by atoms with Gasteiger partial charge in [-0.2, -0.15) is 0 Å². The SMILES string of the molecule is Fc1ccccc1CCNC1=NCC(C2CC2)S1. The van der Waals surface area contributed by atoms with E-state index in [4.69, 9.17) is 0 Å². The number of hydrogen-bond acceptors (Lipinski definition) is 3. The smallest absolute Gasteiger partial charge is 0.156 e. The van der Waals surface area contributed by atoms with Gasteiger partial charge < -0.3 is 5.32 Å². The highest BCUT2D eigenvalue weighted by molar-refractivity contribution is 8.14. The van der Waals surface area contributed by atoms with Gasteiger partial charge in [0.2, 0.25) is 0 Å². The third-order valence-corrected chi connectivity index (χ3v) is 4.79. The van der Waals surface area contributed by atoms with Crippen LogP contribution in [0, 0.1) is 11.7 Å². The Morgan fingerprint density at radius 1 is 1.33 bits per heavy atom. The molecular formula is C14H17FN2S. The fraction of sp³-hybridized carbons (Fsp3) is 0.500. The van der Waals surface area contributed by atoms with Crippen LogP contribution >= 0.6 is 11.8 Å². The number of halogens is 1. The zero-order chi connectivity index (χ0) is 12.4. The number of nitrogens with one attached hydrogen (secondary N) is 1. The Bertz CT molecular complexity index is 457. The summed E-state index contributed by atoms with van der Waals surface area (Å²) in [4.78, 5) is 4.51. The van der Waals surface area contributed by atoms with Crippen molar-refractivity contribution in [1.29, 1.82) is 0 Å². The predicted molar refractivity (Wildman–Crippen MR) is 74.5 cm³/mol. The van der Waals surface area contributed by atoms with Gasteiger partial charge in [-0.15, -0.1) is 0 Å². The Labute approximate surface area is 111 Å². The Morgan fingerprint density at radius 3 is 2.94 bits per heavy atom. The number of amidine groups is 1. The summed E-state index contributed by atoms with van der Waals surface area (Å²) in [5.74, 6) is 0.779. The molecule has 18 heavy (non-hydrogen) atoms. The Morgan fingerprint density at radius 2 is 2.17 bits per heavy atom. The minimum Gasteiger partial charge on any atom is -0.365 e. The second kappa shape index (κ2) is 5.31. The van der Waals surface area contributed by atoms with Gasteiger partial charge in [0.05, 0.1) is 6.54 Å². The molecule has 0 aromatic heterocycles. The van der Waals surface area contributed by atoms with E-state index in [1.54, 1.807) is 6.07 Å². The van der Waals surface area contributed by atoms with Gasteiger partial charge in [0.15, 0.2) is 5.17 Å². The summed E-state index contributed by atoms with van der Waals surface area (Å²) < 4.78 is 13.4. The molecule has 0 spiro atoms. The van der Waals surface area contributed by atoms with E-state index in [2.05, 4.69) is 10.3 Å². The molecule has 4 heteroatoms. The molecular weight excluding hydrogens is 247 g/mol. The first-order chi connectivity index (χ1) is 8.83. The molecule has 1 fully saturated rings. The van der Waals surface area contributed by atoms with Gasteiger partial charge in [-0.1, -0.05) is 30.0 Å². The molecule has 1 unspecified atom stereocenters. The van der Waals surface area contributed by atoms with Gasteiger partial charge in [0.25, 0.3) is 0 Å². The molecule has 0 bridgehead atoms.